The topological polar surface area (TPSA) is 75.2 Å². The van der Waals surface area contributed by atoms with E-state index >= 15 is 0 Å². The number of anilines is 1. The second-order valence-electron chi connectivity index (χ2n) is 3.39. The Labute approximate surface area is 95.7 Å². The zero-order chi connectivity index (χ0) is 12.0. The van der Waals surface area contributed by atoms with Crippen LogP contribution in [0.5, 0.6) is 0 Å². The van der Waals surface area contributed by atoms with E-state index in [2.05, 4.69) is 16.8 Å². The van der Waals surface area contributed by atoms with E-state index < -0.39 is 0 Å². The first-order valence-electron chi connectivity index (χ1n) is 5.23. The Morgan fingerprint density at radius 1 is 1.56 bits per heavy atom. The Balaban J connectivity index is 2.74. The van der Waals surface area contributed by atoms with E-state index in [9.17, 15) is 0 Å². The molecule has 0 saturated carbocycles. The second-order valence-corrected chi connectivity index (χ2v) is 3.39. The number of pyridine rings is 1. The summed E-state index contributed by atoms with van der Waals surface area (Å²) in [6, 6.07) is 3.68. The van der Waals surface area contributed by atoms with Gasteiger partial charge in [0.2, 0.25) is 0 Å². The highest BCUT2D eigenvalue weighted by Gasteiger charge is 2.05. The Morgan fingerprint density at radius 2 is 2.31 bits per heavy atom. The number of nitrogens with one attached hydrogen (secondary N) is 1. The van der Waals surface area contributed by atoms with Gasteiger partial charge in [0.15, 0.2) is 0 Å². The van der Waals surface area contributed by atoms with Gasteiger partial charge in [-0.15, -0.1) is 0 Å². The molecule has 1 rings (SSSR count). The summed E-state index contributed by atoms with van der Waals surface area (Å²) in [6.45, 7) is 4.41. The highest BCUT2D eigenvalue weighted by atomic mass is 16.5. The molecule has 5 nitrogen and oxygen atoms in total. The lowest BCUT2D eigenvalue weighted by molar-refractivity contribution is 0.205. The highest BCUT2D eigenvalue weighted by Crippen LogP contribution is 2.10. The minimum absolute atomic E-state index is 0.0407. The first kappa shape index (κ1) is 12.4. The maximum Gasteiger partial charge on any atom is 0.128 e. The average molecular weight is 222 g/mol. The fraction of sp³-hybridized carbons (Fsp3) is 0.455. The van der Waals surface area contributed by atoms with Crippen LogP contribution in [0.4, 0.5) is 5.82 Å². The first-order valence-corrected chi connectivity index (χ1v) is 5.23. The molecule has 0 aliphatic carbocycles. The summed E-state index contributed by atoms with van der Waals surface area (Å²) in [6.07, 6.45) is 1.62. The van der Waals surface area contributed by atoms with Crippen molar-refractivity contribution in [1.29, 1.82) is 5.41 Å². The van der Waals surface area contributed by atoms with Crippen LogP contribution in [0.25, 0.3) is 0 Å². The minimum Gasteiger partial charge on any atom is -0.384 e. The monoisotopic (exact) mass is 222 g/mol. The SMILES string of the molecule is CCN(CCOC)c1ccc(C(=N)N)cn1. The minimum atomic E-state index is 0.0407. The summed E-state index contributed by atoms with van der Waals surface area (Å²) in [7, 11) is 1.68. The number of nitrogens with two attached hydrogens (primary N) is 1. The molecule has 16 heavy (non-hydrogen) atoms. The molecule has 0 radical (unpaired) electrons. The maximum absolute atomic E-state index is 7.27. The summed E-state index contributed by atoms with van der Waals surface area (Å²) in [5.74, 6) is 0.920. The van der Waals surface area contributed by atoms with Crippen molar-refractivity contribution in [3.8, 4) is 0 Å². The number of aromatic nitrogens is 1. The number of amidine groups is 1. The van der Waals surface area contributed by atoms with Crippen LogP contribution in [0.3, 0.4) is 0 Å². The summed E-state index contributed by atoms with van der Waals surface area (Å²) < 4.78 is 5.03. The van der Waals surface area contributed by atoms with Gasteiger partial charge in [-0.2, -0.15) is 0 Å². The lowest BCUT2D eigenvalue weighted by Gasteiger charge is -2.21. The largest absolute Gasteiger partial charge is 0.384 e. The highest BCUT2D eigenvalue weighted by molar-refractivity contribution is 5.94. The van der Waals surface area contributed by atoms with E-state index in [1.807, 2.05) is 6.07 Å². The van der Waals surface area contributed by atoms with Crippen LogP contribution >= 0.6 is 0 Å². The third-order valence-corrected chi connectivity index (χ3v) is 2.33. The summed E-state index contributed by atoms with van der Waals surface area (Å²) in [4.78, 5) is 6.38. The number of hydrogen-bond acceptors (Lipinski definition) is 4. The van der Waals surface area contributed by atoms with Crippen LogP contribution in [0, 0.1) is 5.41 Å². The van der Waals surface area contributed by atoms with Crippen molar-refractivity contribution in [2.24, 2.45) is 5.73 Å². The number of ether oxygens (including phenoxy) is 1. The number of nitrogen functional groups attached to an aromatic ring is 1. The smallest absolute Gasteiger partial charge is 0.128 e. The van der Waals surface area contributed by atoms with Gasteiger partial charge in [-0.25, -0.2) is 4.98 Å². The standard InChI is InChI=1S/C11H18N4O/c1-3-15(6-7-16-2)10-5-4-9(8-14-10)11(12)13/h4-5,8H,3,6-7H2,1-2H3,(H3,12,13). The zero-order valence-electron chi connectivity index (χ0n) is 9.73. The number of nitrogens with zero attached hydrogens (tertiary/aromatic N) is 2. The molecule has 0 bridgehead atoms. The molecule has 1 aromatic rings. The molecule has 0 unspecified atom stereocenters. The molecule has 5 heteroatoms. The molecule has 1 aromatic heterocycles. The van der Waals surface area contributed by atoms with Crippen LogP contribution in [0.2, 0.25) is 0 Å². The predicted octanol–water partition coefficient (Wildman–Crippen LogP) is 0.838. The maximum atomic E-state index is 7.27. The molecule has 88 valence electrons. The Morgan fingerprint density at radius 3 is 2.75 bits per heavy atom. The van der Waals surface area contributed by atoms with E-state index in [1.165, 1.54) is 0 Å². The molecule has 0 amide bonds. The Hall–Kier alpha value is -1.62. The van der Waals surface area contributed by atoms with E-state index in [4.69, 9.17) is 15.9 Å². The molecular weight excluding hydrogens is 204 g/mol. The van der Waals surface area contributed by atoms with Crippen molar-refractivity contribution >= 4 is 11.7 Å². The number of hydrogen-bond donors (Lipinski definition) is 2. The van der Waals surface area contributed by atoms with Crippen molar-refractivity contribution in [3.63, 3.8) is 0 Å². The van der Waals surface area contributed by atoms with E-state index in [0.717, 1.165) is 18.9 Å². The van der Waals surface area contributed by atoms with Crippen LogP contribution in [-0.2, 0) is 4.74 Å². The molecule has 0 aliphatic rings. The Bertz CT molecular complexity index is 336. The van der Waals surface area contributed by atoms with Gasteiger partial charge in [0.1, 0.15) is 11.7 Å². The molecule has 3 N–H and O–H groups in total. The summed E-state index contributed by atoms with van der Waals surface area (Å²) in [5.41, 5.74) is 6.01. The molecule has 0 aromatic carbocycles. The van der Waals surface area contributed by atoms with Crippen LogP contribution in [0.15, 0.2) is 18.3 Å². The van der Waals surface area contributed by atoms with E-state index in [1.54, 1.807) is 19.4 Å². The van der Waals surface area contributed by atoms with Gasteiger partial charge >= 0.3 is 0 Å². The van der Waals surface area contributed by atoms with Crippen molar-refractivity contribution in [1.82, 2.24) is 4.98 Å². The fourth-order valence-corrected chi connectivity index (χ4v) is 1.37. The molecule has 0 atom stereocenters. The van der Waals surface area contributed by atoms with Gasteiger partial charge < -0.3 is 15.4 Å². The molecule has 1 heterocycles. The Kier molecular flexibility index (Phi) is 4.72. The van der Waals surface area contributed by atoms with E-state index in [-0.39, 0.29) is 5.84 Å². The average Bonchev–Trinajstić information content (AvgIpc) is 2.30. The fourth-order valence-electron chi connectivity index (χ4n) is 1.37. The molecular formula is C11H18N4O. The van der Waals surface area contributed by atoms with Gasteiger partial charge in [-0.1, -0.05) is 0 Å². The number of rotatable bonds is 6. The lowest BCUT2D eigenvalue weighted by atomic mass is 10.2. The number of methoxy groups -OCH3 is 1. The van der Waals surface area contributed by atoms with Gasteiger partial charge in [0.25, 0.3) is 0 Å². The van der Waals surface area contributed by atoms with Crippen molar-refractivity contribution in [3.05, 3.63) is 23.9 Å². The van der Waals surface area contributed by atoms with Crippen LogP contribution < -0.4 is 10.6 Å². The summed E-state index contributed by atoms with van der Waals surface area (Å²) >= 11 is 0. The van der Waals surface area contributed by atoms with Crippen molar-refractivity contribution in [2.45, 2.75) is 6.92 Å². The predicted molar refractivity (Wildman–Crippen MR) is 65.0 cm³/mol. The number of likely N-dealkylation sites (N-methyl/N-ethyl adjacent to an activating group) is 1. The lowest BCUT2D eigenvalue weighted by Crippen LogP contribution is -2.27. The molecule has 0 aliphatic heterocycles. The van der Waals surface area contributed by atoms with Crippen molar-refractivity contribution < 1.29 is 4.74 Å². The quantitative estimate of drug-likeness (QED) is 0.552. The molecule has 0 fully saturated rings. The van der Waals surface area contributed by atoms with Gasteiger partial charge in [-0.05, 0) is 19.1 Å². The zero-order valence-corrected chi connectivity index (χ0v) is 9.73. The van der Waals surface area contributed by atoms with Crippen LogP contribution in [0.1, 0.15) is 12.5 Å². The summed E-state index contributed by atoms with van der Waals surface area (Å²) in [5, 5.41) is 7.27. The second kappa shape index (κ2) is 6.07. The molecule has 0 spiro atoms. The van der Waals surface area contributed by atoms with Gasteiger partial charge in [0, 0.05) is 32.0 Å². The van der Waals surface area contributed by atoms with Crippen molar-refractivity contribution in [2.75, 3.05) is 31.7 Å². The molecule has 0 saturated heterocycles. The normalized spacial score (nSPS) is 10.1. The third kappa shape index (κ3) is 3.20. The van der Waals surface area contributed by atoms with Crippen LogP contribution in [-0.4, -0.2) is 37.6 Å². The van der Waals surface area contributed by atoms with E-state index in [0.29, 0.717) is 12.2 Å². The first-order chi connectivity index (χ1) is 7.69. The van der Waals surface area contributed by atoms with Gasteiger partial charge in [-0.3, -0.25) is 5.41 Å². The van der Waals surface area contributed by atoms with Gasteiger partial charge in [0.05, 0.1) is 6.61 Å². The third-order valence-electron chi connectivity index (χ3n) is 2.33.